The highest BCUT2D eigenvalue weighted by molar-refractivity contribution is 5.04. The Kier molecular flexibility index (Phi) is 5.51. The van der Waals surface area contributed by atoms with Gasteiger partial charge in [0.2, 0.25) is 0 Å². The Morgan fingerprint density at radius 2 is 1.18 bits per heavy atom. The summed E-state index contributed by atoms with van der Waals surface area (Å²) in [6, 6.07) is 12.3. The first kappa shape index (κ1) is 15.1. The first-order valence-corrected chi connectivity index (χ1v) is 8.15. The molecule has 22 heavy (non-hydrogen) atoms. The molecule has 3 heterocycles. The van der Waals surface area contributed by atoms with Gasteiger partial charge in [0.25, 0.3) is 0 Å². The Labute approximate surface area is 132 Å². The van der Waals surface area contributed by atoms with E-state index in [1.165, 1.54) is 37.3 Å². The standard InChI is InChI=1S/C18H24N4/c1-3-9-19-17(7-1)15-21-11-5-6-12-22(14-13-21)16-18-8-2-4-10-20-18/h1-4,7-10H,5-6,11-16H2. The van der Waals surface area contributed by atoms with Crippen molar-refractivity contribution in [3.8, 4) is 0 Å². The molecule has 0 radical (unpaired) electrons. The van der Waals surface area contributed by atoms with Crippen LogP contribution in [0.1, 0.15) is 24.2 Å². The van der Waals surface area contributed by atoms with Crippen molar-refractivity contribution in [3.05, 3.63) is 60.2 Å². The molecule has 1 aliphatic heterocycles. The van der Waals surface area contributed by atoms with E-state index in [0.717, 1.165) is 26.2 Å². The fraction of sp³-hybridized carbons (Fsp3) is 0.444. The van der Waals surface area contributed by atoms with Gasteiger partial charge in [-0.1, -0.05) is 12.1 Å². The lowest BCUT2D eigenvalue weighted by molar-refractivity contribution is 0.162. The van der Waals surface area contributed by atoms with Gasteiger partial charge in [0.05, 0.1) is 11.4 Å². The van der Waals surface area contributed by atoms with E-state index >= 15 is 0 Å². The molecule has 1 saturated heterocycles. The van der Waals surface area contributed by atoms with Crippen LogP contribution in [0.2, 0.25) is 0 Å². The molecule has 0 aromatic carbocycles. The van der Waals surface area contributed by atoms with E-state index in [2.05, 4.69) is 44.0 Å². The Bertz CT molecular complexity index is 492. The molecule has 1 aliphatic rings. The topological polar surface area (TPSA) is 32.3 Å². The molecule has 0 atom stereocenters. The summed E-state index contributed by atoms with van der Waals surface area (Å²) in [6.45, 7) is 6.46. The van der Waals surface area contributed by atoms with Crippen LogP contribution >= 0.6 is 0 Å². The van der Waals surface area contributed by atoms with Gasteiger partial charge in [-0.25, -0.2) is 0 Å². The van der Waals surface area contributed by atoms with Gasteiger partial charge in [0.1, 0.15) is 0 Å². The van der Waals surface area contributed by atoms with Crippen LogP contribution in [0.4, 0.5) is 0 Å². The van der Waals surface area contributed by atoms with Crippen molar-refractivity contribution in [1.82, 2.24) is 19.8 Å². The maximum atomic E-state index is 4.45. The van der Waals surface area contributed by atoms with Crippen LogP contribution in [-0.2, 0) is 13.1 Å². The summed E-state index contributed by atoms with van der Waals surface area (Å²) in [4.78, 5) is 13.9. The minimum absolute atomic E-state index is 0.957. The molecule has 0 bridgehead atoms. The minimum atomic E-state index is 0.957. The molecule has 0 unspecified atom stereocenters. The van der Waals surface area contributed by atoms with Crippen molar-refractivity contribution < 1.29 is 0 Å². The lowest BCUT2D eigenvalue weighted by atomic mass is 10.2. The van der Waals surface area contributed by atoms with Gasteiger partial charge in [-0.15, -0.1) is 0 Å². The van der Waals surface area contributed by atoms with E-state index in [0.29, 0.717) is 0 Å². The van der Waals surface area contributed by atoms with Crippen molar-refractivity contribution >= 4 is 0 Å². The predicted molar refractivity (Wildman–Crippen MR) is 88.3 cm³/mol. The van der Waals surface area contributed by atoms with Gasteiger partial charge >= 0.3 is 0 Å². The van der Waals surface area contributed by atoms with E-state index in [4.69, 9.17) is 0 Å². The van der Waals surface area contributed by atoms with Crippen LogP contribution in [0.5, 0.6) is 0 Å². The molecule has 1 fully saturated rings. The first-order chi connectivity index (χ1) is 10.9. The van der Waals surface area contributed by atoms with Gasteiger partial charge in [0.15, 0.2) is 0 Å². The van der Waals surface area contributed by atoms with Crippen molar-refractivity contribution in [2.24, 2.45) is 0 Å². The zero-order chi connectivity index (χ0) is 15.0. The normalized spacial score (nSPS) is 17.8. The average molecular weight is 296 g/mol. The second-order valence-corrected chi connectivity index (χ2v) is 5.90. The number of pyridine rings is 2. The summed E-state index contributed by atoms with van der Waals surface area (Å²) in [5.41, 5.74) is 2.33. The zero-order valence-corrected chi connectivity index (χ0v) is 13.1. The molecule has 4 nitrogen and oxygen atoms in total. The van der Waals surface area contributed by atoms with Gasteiger partial charge < -0.3 is 0 Å². The number of nitrogens with zero attached hydrogens (tertiary/aromatic N) is 4. The molecule has 0 amide bonds. The van der Waals surface area contributed by atoms with Crippen LogP contribution in [0, 0.1) is 0 Å². The van der Waals surface area contributed by atoms with Gasteiger partial charge in [-0.3, -0.25) is 19.8 Å². The van der Waals surface area contributed by atoms with E-state index in [1.807, 2.05) is 24.5 Å². The van der Waals surface area contributed by atoms with Crippen molar-refractivity contribution in [2.45, 2.75) is 25.9 Å². The monoisotopic (exact) mass is 296 g/mol. The summed E-state index contributed by atoms with van der Waals surface area (Å²) in [5.74, 6) is 0. The summed E-state index contributed by atoms with van der Waals surface area (Å²) in [6.07, 6.45) is 6.27. The number of hydrogen-bond donors (Lipinski definition) is 0. The lowest BCUT2D eigenvalue weighted by Gasteiger charge is -2.30. The third-order valence-corrected chi connectivity index (χ3v) is 4.15. The molecular weight excluding hydrogens is 272 g/mol. The Balaban J connectivity index is 1.54. The molecule has 4 heteroatoms. The second kappa shape index (κ2) is 8.01. The lowest BCUT2D eigenvalue weighted by Crippen LogP contribution is -2.38. The fourth-order valence-corrected chi connectivity index (χ4v) is 2.94. The van der Waals surface area contributed by atoms with E-state index in [1.54, 1.807) is 0 Å². The Morgan fingerprint density at radius 1 is 0.682 bits per heavy atom. The summed E-state index contributed by atoms with van der Waals surface area (Å²) in [5, 5.41) is 0. The minimum Gasteiger partial charge on any atom is -0.296 e. The van der Waals surface area contributed by atoms with Crippen molar-refractivity contribution in [3.63, 3.8) is 0 Å². The van der Waals surface area contributed by atoms with Crippen LogP contribution in [-0.4, -0.2) is 45.9 Å². The van der Waals surface area contributed by atoms with Gasteiger partial charge in [-0.2, -0.15) is 0 Å². The molecular formula is C18H24N4. The van der Waals surface area contributed by atoms with E-state index in [9.17, 15) is 0 Å². The highest BCUT2D eigenvalue weighted by Crippen LogP contribution is 2.10. The molecule has 116 valence electrons. The zero-order valence-electron chi connectivity index (χ0n) is 13.1. The molecule has 0 spiro atoms. The van der Waals surface area contributed by atoms with Gasteiger partial charge in [0, 0.05) is 38.6 Å². The molecule has 0 N–H and O–H groups in total. The van der Waals surface area contributed by atoms with E-state index < -0.39 is 0 Å². The first-order valence-electron chi connectivity index (χ1n) is 8.15. The SMILES string of the molecule is c1ccc(CN2CCCCN(Cc3ccccn3)CC2)nc1. The van der Waals surface area contributed by atoms with Gasteiger partial charge in [-0.05, 0) is 50.2 Å². The fourth-order valence-electron chi connectivity index (χ4n) is 2.94. The number of hydrogen-bond acceptors (Lipinski definition) is 4. The van der Waals surface area contributed by atoms with Crippen LogP contribution in [0.15, 0.2) is 48.8 Å². The summed E-state index contributed by atoms with van der Waals surface area (Å²) in [7, 11) is 0. The third kappa shape index (κ3) is 4.61. The van der Waals surface area contributed by atoms with Crippen LogP contribution in [0.3, 0.4) is 0 Å². The van der Waals surface area contributed by atoms with Crippen molar-refractivity contribution in [2.75, 3.05) is 26.2 Å². The molecule has 0 saturated carbocycles. The molecule has 3 rings (SSSR count). The van der Waals surface area contributed by atoms with Crippen LogP contribution in [0.25, 0.3) is 0 Å². The summed E-state index contributed by atoms with van der Waals surface area (Å²) < 4.78 is 0. The third-order valence-electron chi connectivity index (χ3n) is 4.15. The molecule has 2 aromatic rings. The maximum absolute atomic E-state index is 4.45. The quantitative estimate of drug-likeness (QED) is 0.868. The highest BCUT2D eigenvalue weighted by atomic mass is 15.2. The predicted octanol–water partition coefficient (Wildman–Crippen LogP) is 2.57. The second-order valence-electron chi connectivity index (χ2n) is 5.90. The number of rotatable bonds is 4. The average Bonchev–Trinajstić information content (AvgIpc) is 2.55. The highest BCUT2D eigenvalue weighted by Gasteiger charge is 2.14. The summed E-state index contributed by atoms with van der Waals surface area (Å²) >= 11 is 0. The largest absolute Gasteiger partial charge is 0.296 e. The van der Waals surface area contributed by atoms with E-state index in [-0.39, 0.29) is 0 Å². The molecule has 0 aliphatic carbocycles. The van der Waals surface area contributed by atoms with Crippen molar-refractivity contribution in [1.29, 1.82) is 0 Å². The number of aromatic nitrogens is 2. The van der Waals surface area contributed by atoms with Crippen LogP contribution < -0.4 is 0 Å². The Morgan fingerprint density at radius 3 is 1.59 bits per heavy atom. The Hall–Kier alpha value is -1.78. The maximum Gasteiger partial charge on any atom is 0.0543 e. The smallest absolute Gasteiger partial charge is 0.0543 e. The molecule has 2 aromatic heterocycles.